The van der Waals surface area contributed by atoms with Crippen molar-refractivity contribution in [2.75, 3.05) is 17.2 Å². The first-order chi connectivity index (χ1) is 9.33. The lowest BCUT2D eigenvalue weighted by Crippen LogP contribution is -2.14. The summed E-state index contributed by atoms with van der Waals surface area (Å²) in [4.78, 5) is 12.1. The van der Waals surface area contributed by atoms with Crippen LogP contribution in [0.15, 0.2) is 48.5 Å². The Labute approximate surface area is 124 Å². The Balaban J connectivity index is 0.00000147. The standard InChI is InChI=1S/C16H16N2O.ClH/c19-16(12-5-2-1-3-6-12)18-14-8-9-15-13(11-14)7-4-10-17-15;/h1-3,5-6,8-9,11,17H,4,7,10H2,(H,18,19);1H. The molecule has 20 heavy (non-hydrogen) atoms. The Kier molecular flexibility index (Phi) is 4.64. The van der Waals surface area contributed by atoms with E-state index < -0.39 is 0 Å². The summed E-state index contributed by atoms with van der Waals surface area (Å²) in [6.07, 6.45) is 2.21. The summed E-state index contributed by atoms with van der Waals surface area (Å²) in [5.74, 6) is -0.0654. The summed E-state index contributed by atoms with van der Waals surface area (Å²) in [6, 6.07) is 15.3. The summed E-state index contributed by atoms with van der Waals surface area (Å²) in [7, 11) is 0. The van der Waals surface area contributed by atoms with E-state index in [0.717, 1.165) is 25.1 Å². The van der Waals surface area contributed by atoms with Crippen molar-refractivity contribution in [3.8, 4) is 0 Å². The molecule has 0 bridgehead atoms. The highest BCUT2D eigenvalue weighted by Crippen LogP contribution is 2.25. The molecule has 1 aliphatic heterocycles. The summed E-state index contributed by atoms with van der Waals surface area (Å²) in [6.45, 7) is 1.03. The Hall–Kier alpha value is -2.00. The van der Waals surface area contributed by atoms with E-state index in [-0.39, 0.29) is 18.3 Å². The second-order valence-electron chi connectivity index (χ2n) is 4.72. The normalized spacial score (nSPS) is 12.6. The minimum Gasteiger partial charge on any atom is -0.385 e. The Bertz CT molecular complexity index is 599. The van der Waals surface area contributed by atoms with Crippen molar-refractivity contribution in [2.45, 2.75) is 12.8 Å². The van der Waals surface area contributed by atoms with Gasteiger partial charge in [0.05, 0.1) is 0 Å². The molecule has 0 fully saturated rings. The number of carbonyl (C=O) groups excluding carboxylic acids is 1. The Morgan fingerprint density at radius 1 is 1.10 bits per heavy atom. The number of hydrogen-bond donors (Lipinski definition) is 2. The van der Waals surface area contributed by atoms with Crippen LogP contribution in [0.1, 0.15) is 22.3 Å². The van der Waals surface area contributed by atoms with E-state index in [1.807, 2.05) is 42.5 Å². The van der Waals surface area contributed by atoms with Gasteiger partial charge in [0.25, 0.3) is 5.91 Å². The molecule has 3 nitrogen and oxygen atoms in total. The number of anilines is 2. The van der Waals surface area contributed by atoms with Gasteiger partial charge in [-0.3, -0.25) is 4.79 Å². The molecule has 1 heterocycles. The Morgan fingerprint density at radius 2 is 1.90 bits per heavy atom. The average Bonchev–Trinajstić information content (AvgIpc) is 2.48. The highest BCUT2D eigenvalue weighted by Gasteiger charge is 2.10. The molecular formula is C16H17ClN2O. The van der Waals surface area contributed by atoms with Crippen molar-refractivity contribution in [3.05, 3.63) is 59.7 Å². The molecule has 0 saturated carbocycles. The number of rotatable bonds is 2. The summed E-state index contributed by atoms with van der Waals surface area (Å²) >= 11 is 0. The summed E-state index contributed by atoms with van der Waals surface area (Å²) in [5, 5.41) is 6.30. The topological polar surface area (TPSA) is 41.1 Å². The maximum Gasteiger partial charge on any atom is 0.255 e. The molecule has 0 aliphatic carbocycles. The molecule has 1 amide bonds. The molecule has 0 atom stereocenters. The van der Waals surface area contributed by atoms with Crippen LogP contribution in [0.5, 0.6) is 0 Å². The SMILES string of the molecule is Cl.O=C(Nc1ccc2c(c1)CCCN2)c1ccccc1. The lowest BCUT2D eigenvalue weighted by atomic mass is 10.0. The second-order valence-corrected chi connectivity index (χ2v) is 4.72. The van der Waals surface area contributed by atoms with E-state index in [1.165, 1.54) is 11.3 Å². The van der Waals surface area contributed by atoms with E-state index in [9.17, 15) is 4.79 Å². The van der Waals surface area contributed by atoms with Gasteiger partial charge in [0, 0.05) is 23.5 Å². The lowest BCUT2D eigenvalue weighted by molar-refractivity contribution is 0.102. The molecule has 0 spiro atoms. The third-order valence-corrected chi connectivity index (χ3v) is 3.34. The first-order valence-electron chi connectivity index (χ1n) is 6.56. The third-order valence-electron chi connectivity index (χ3n) is 3.34. The van der Waals surface area contributed by atoms with E-state index in [2.05, 4.69) is 16.7 Å². The smallest absolute Gasteiger partial charge is 0.255 e. The highest BCUT2D eigenvalue weighted by molar-refractivity contribution is 6.04. The number of fused-ring (bicyclic) bond motifs is 1. The first kappa shape index (κ1) is 14.4. The number of benzene rings is 2. The summed E-state index contributed by atoms with van der Waals surface area (Å²) < 4.78 is 0. The molecule has 1 aliphatic rings. The molecule has 2 aromatic carbocycles. The van der Waals surface area contributed by atoms with Gasteiger partial charge >= 0.3 is 0 Å². The zero-order chi connectivity index (χ0) is 13.1. The molecular weight excluding hydrogens is 272 g/mol. The van der Waals surface area contributed by atoms with Crippen LogP contribution in [0.25, 0.3) is 0 Å². The number of amides is 1. The summed E-state index contributed by atoms with van der Waals surface area (Å²) in [5.41, 5.74) is 4.00. The maximum atomic E-state index is 12.1. The fourth-order valence-corrected chi connectivity index (χ4v) is 2.35. The zero-order valence-corrected chi connectivity index (χ0v) is 11.9. The number of halogens is 1. The minimum atomic E-state index is -0.0654. The Morgan fingerprint density at radius 3 is 2.70 bits per heavy atom. The maximum absolute atomic E-state index is 12.1. The van der Waals surface area contributed by atoms with Gasteiger partial charge in [-0.1, -0.05) is 18.2 Å². The first-order valence-corrected chi connectivity index (χ1v) is 6.56. The minimum absolute atomic E-state index is 0. The van der Waals surface area contributed by atoms with E-state index in [4.69, 9.17) is 0 Å². The van der Waals surface area contributed by atoms with Crippen molar-refractivity contribution in [1.29, 1.82) is 0 Å². The number of nitrogens with one attached hydrogen (secondary N) is 2. The molecule has 2 N–H and O–H groups in total. The lowest BCUT2D eigenvalue weighted by Gasteiger charge is -2.18. The van der Waals surface area contributed by atoms with Gasteiger partial charge in [-0.05, 0) is 48.7 Å². The van der Waals surface area contributed by atoms with Crippen LogP contribution in [0.4, 0.5) is 11.4 Å². The molecule has 0 saturated heterocycles. The predicted octanol–water partition coefficient (Wildman–Crippen LogP) is 3.72. The molecule has 0 unspecified atom stereocenters. The molecule has 2 aromatic rings. The van der Waals surface area contributed by atoms with Crippen molar-refractivity contribution in [2.24, 2.45) is 0 Å². The van der Waals surface area contributed by atoms with Gasteiger partial charge < -0.3 is 10.6 Å². The quantitative estimate of drug-likeness (QED) is 0.884. The van der Waals surface area contributed by atoms with Gasteiger partial charge in [-0.25, -0.2) is 0 Å². The third kappa shape index (κ3) is 3.11. The molecule has 104 valence electrons. The van der Waals surface area contributed by atoms with Crippen LogP contribution in [0, 0.1) is 0 Å². The van der Waals surface area contributed by atoms with Gasteiger partial charge in [-0.15, -0.1) is 12.4 Å². The van der Waals surface area contributed by atoms with Gasteiger partial charge in [0.1, 0.15) is 0 Å². The van der Waals surface area contributed by atoms with Crippen molar-refractivity contribution >= 4 is 29.7 Å². The van der Waals surface area contributed by atoms with Crippen LogP contribution in [-0.4, -0.2) is 12.5 Å². The monoisotopic (exact) mass is 288 g/mol. The van der Waals surface area contributed by atoms with Gasteiger partial charge in [0.2, 0.25) is 0 Å². The van der Waals surface area contributed by atoms with E-state index in [1.54, 1.807) is 0 Å². The molecule has 0 aromatic heterocycles. The van der Waals surface area contributed by atoms with Crippen LogP contribution >= 0.6 is 12.4 Å². The average molecular weight is 289 g/mol. The van der Waals surface area contributed by atoms with Crippen molar-refractivity contribution < 1.29 is 4.79 Å². The van der Waals surface area contributed by atoms with Crippen LogP contribution in [0.2, 0.25) is 0 Å². The van der Waals surface area contributed by atoms with Crippen molar-refractivity contribution in [1.82, 2.24) is 0 Å². The number of aryl methyl sites for hydroxylation is 1. The van der Waals surface area contributed by atoms with Crippen LogP contribution in [0.3, 0.4) is 0 Å². The van der Waals surface area contributed by atoms with E-state index in [0.29, 0.717) is 5.56 Å². The van der Waals surface area contributed by atoms with Crippen LogP contribution < -0.4 is 10.6 Å². The molecule has 4 heteroatoms. The van der Waals surface area contributed by atoms with Crippen molar-refractivity contribution in [3.63, 3.8) is 0 Å². The number of hydrogen-bond acceptors (Lipinski definition) is 2. The van der Waals surface area contributed by atoms with E-state index >= 15 is 0 Å². The zero-order valence-electron chi connectivity index (χ0n) is 11.1. The second kappa shape index (κ2) is 6.44. The van der Waals surface area contributed by atoms with Gasteiger partial charge in [0.15, 0.2) is 0 Å². The number of carbonyl (C=O) groups is 1. The fraction of sp³-hybridized carbons (Fsp3) is 0.188. The fourth-order valence-electron chi connectivity index (χ4n) is 2.35. The largest absolute Gasteiger partial charge is 0.385 e. The van der Waals surface area contributed by atoms with Gasteiger partial charge in [-0.2, -0.15) is 0 Å². The van der Waals surface area contributed by atoms with Crippen LogP contribution in [-0.2, 0) is 6.42 Å². The molecule has 0 radical (unpaired) electrons. The molecule has 3 rings (SSSR count). The predicted molar refractivity (Wildman–Crippen MR) is 84.9 cm³/mol. The highest BCUT2D eigenvalue weighted by atomic mass is 35.5.